The standard InChI is InChI=1S/C11H20N2O3S/c14-17(15,10-1-2-10)12-9-11(3-4-11)13-5-7-16-8-6-13/h10,12H,1-9H2. The Labute approximate surface area is 103 Å². The average Bonchev–Trinajstić information content (AvgIpc) is 3.19. The lowest BCUT2D eigenvalue weighted by atomic mass is 10.2. The fourth-order valence-corrected chi connectivity index (χ4v) is 3.98. The minimum absolute atomic E-state index is 0.103. The zero-order valence-corrected chi connectivity index (χ0v) is 10.8. The summed E-state index contributed by atoms with van der Waals surface area (Å²) in [4.78, 5) is 2.39. The molecule has 0 amide bonds. The Kier molecular flexibility index (Phi) is 2.93. The number of sulfonamides is 1. The van der Waals surface area contributed by atoms with Crippen LogP contribution in [0.5, 0.6) is 0 Å². The molecule has 2 aliphatic carbocycles. The Balaban J connectivity index is 1.57. The quantitative estimate of drug-likeness (QED) is 0.752. The zero-order chi connectivity index (χ0) is 11.9. The number of hydrogen-bond acceptors (Lipinski definition) is 4. The molecule has 3 rings (SSSR count). The average molecular weight is 260 g/mol. The van der Waals surface area contributed by atoms with Gasteiger partial charge in [0.15, 0.2) is 0 Å². The zero-order valence-electron chi connectivity index (χ0n) is 10.0. The first-order valence-corrected chi connectivity index (χ1v) is 7.98. The van der Waals surface area contributed by atoms with Gasteiger partial charge in [-0.2, -0.15) is 0 Å². The summed E-state index contributed by atoms with van der Waals surface area (Å²) in [5, 5.41) is -0.108. The van der Waals surface area contributed by atoms with Crippen molar-refractivity contribution in [1.82, 2.24) is 9.62 Å². The summed E-state index contributed by atoms with van der Waals surface area (Å²) in [6, 6.07) is 0. The van der Waals surface area contributed by atoms with E-state index in [4.69, 9.17) is 4.74 Å². The van der Waals surface area contributed by atoms with Crippen LogP contribution in [0.25, 0.3) is 0 Å². The van der Waals surface area contributed by atoms with Crippen molar-refractivity contribution in [2.75, 3.05) is 32.8 Å². The van der Waals surface area contributed by atoms with Crippen LogP contribution in [0.15, 0.2) is 0 Å². The van der Waals surface area contributed by atoms with E-state index in [2.05, 4.69) is 9.62 Å². The van der Waals surface area contributed by atoms with Crippen molar-refractivity contribution >= 4 is 10.0 Å². The third-order valence-corrected chi connectivity index (χ3v) is 5.97. The van der Waals surface area contributed by atoms with E-state index in [0.29, 0.717) is 6.54 Å². The largest absolute Gasteiger partial charge is 0.379 e. The van der Waals surface area contributed by atoms with Crippen LogP contribution in [0, 0.1) is 0 Å². The first-order valence-electron chi connectivity index (χ1n) is 6.44. The molecule has 98 valence electrons. The fraction of sp³-hybridized carbons (Fsp3) is 1.00. The molecule has 0 bridgehead atoms. The van der Waals surface area contributed by atoms with Crippen LogP contribution in [-0.2, 0) is 14.8 Å². The fourth-order valence-electron chi connectivity index (χ4n) is 2.52. The number of rotatable bonds is 5. The van der Waals surface area contributed by atoms with Gasteiger partial charge in [0.2, 0.25) is 10.0 Å². The molecule has 0 spiro atoms. The molecule has 1 aliphatic heterocycles. The van der Waals surface area contributed by atoms with Crippen molar-refractivity contribution in [3.05, 3.63) is 0 Å². The first-order chi connectivity index (χ1) is 8.12. The molecule has 5 nitrogen and oxygen atoms in total. The Bertz CT molecular complexity index is 382. The predicted molar refractivity (Wildman–Crippen MR) is 64.3 cm³/mol. The molecule has 0 aromatic carbocycles. The summed E-state index contributed by atoms with van der Waals surface area (Å²) in [5.74, 6) is 0. The smallest absolute Gasteiger partial charge is 0.214 e. The number of nitrogens with one attached hydrogen (secondary N) is 1. The third kappa shape index (κ3) is 2.50. The van der Waals surface area contributed by atoms with E-state index >= 15 is 0 Å². The lowest BCUT2D eigenvalue weighted by Crippen LogP contribution is -2.50. The van der Waals surface area contributed by atoms with Crippen LogP contribution < -0.4 is 4.72 Å². The predicted octanol–water partition coefficient (Wildman–Crippen LogP) is -0.0670. The van der Waals surface area contributed by atoms with E-state index in [1.807, 2.05) is 0 Å². The van der Waals surface area contributed by atoms with Gasteiger partial charge in [0.05, 0.1) is 18.5 Å². The summed E-state index contributed by atoms with van der Waals surface area (Å²) in [5.41, 5.74) is 0.103. The monoisotopic (exact) mass is 260 g/mol. The lowest BCUT2D eigenvalue weighted by Gasteiger charge is -2.34. The Morgan fingerprint density at radius 1 is 1.24 bits per heavy atom. The van der Waals surface area contributed by atoms with Crippen LogP contribution >= 0.6 is 0 Å². The van der Waals surface area contributed by atoms with E-state index in [-0.39, 0.29) is 10.8 Å². The summed E-state index contributed by atoms with van der Waals surface area (Å²) in [6.07, 6.45) is 3.89. The summed E-state index contributed by atoms with van der Waals surface area (Å²) in [7, 11) is -3.03. The molecular formula is C11H20N2O3S. The maximum Gasteiger partial charge on any atom is 0.214 e. The normalized spacial score (nSPS) is 29.2. The second-order valence-electron chi connectivity index (χ2n) is 5.39. The van der Waals surface area contributed by atoms with Gasteiger partial charge in [-0.05, 0) is 25.7 Å². The molecule has 17 heavy (non-hydrogen) atoms. The van der Waals surface area contributed by atoms with Gasteiger partial charge >= 0.3 is 0 Å². The molecule has 1 N–H and O–H groups in total. The lowest BCUT2D eigenvalue weighted by molar-refractivity contribution is 0.0108. The van der Waals surface area contributed by atoms with E-state index in [1.165, 1.54) is 0 Å². The molecule has 2 saturated carbocycles. The van der Waals surface area contributed by atoms with Gasteiger partial charge in [-0.15, -0.1) is 0 Å². The number of hydrogen-bond donors (Lipinski definition) is 1. The van der Waals surface area contributed by atoms with Crippen molar-refractivity contribution in [2.45, 2.75) is 36.5 Å². The molecule has 6 heteroatoms. The van der Waals surface area contributed by atoms with E-state index in [1.54, 1.807) is 0 Å². The second-order valence-corrected chi connectivity index (χ2v) is 7.43. The van der Waals surface area contributed by atoms with Gasteiger partial charge in [-0.3, -0.25) is 4.90 Å². The minimum atomic E-state index is -3.03. The van der Waals surface area contributed by atoms with Crippen LogP contribution in [0.2, 0.25) is 0 Å². The van der Waals surface area contributed by atoms with Crippen molar-refractivity contribution in [3.8, 4) is 0 Å². The molecule has 3 fully saturated rings. The van der Waals surface area contributed by atoms with Crippen molar-refractivity contribution in [2.24, 2.45) is 0 Å². The highest BCUT2D eigenvalue weighted by Gasteiger charge is 2.49. The summed E-state index contributed by atoms with van der Waals surface area (Å²) >= 11 is 0. The van der Waals surface area contributed by atoms with Crippen LogP contribution in [-0.4, -0.2) is 57.0 Å². The van der Waals surface area contributed by atoms with Crippen molar-refractivity contribution in [3.63, 3.8) is 0 Å². The van der Waals surface area contributed by atoms with Gasteiger partial charge in [-0.25, -0.2) is 13.1 Å². The molecule has 0 atom stereocenters. The van der Waals surface area contributed by atoms with E-state index in [0.717, 1.165) is 52.0 Å². The number of nitrogens with zero attached hydrogens (tertiary/aromatic N) is 1. The molecule has 3 aliphatic rings. The highest BCUT2D eigenvalue weighted by atomic mass is 32.2. The summed E-state index contributed by atoms with van der Waals surface area (Å²) < 4.78 is 31.7. The van der Waals surface area contributed by atoms with Crippen LogP contribution in [0.1, 0.15) is 25.7 Å². The third-order valence-electron chi connectivity index (χ3n) is 4.07. The topological polar surface area (TPSA) is 58.6 Å². The minimum Gasteiger partial charge on any atom is -0.379 e. The van der Waals surface area contributed by atoms with Gasteiger partial charge in [0.25, 0.3) is 0 Å². The van der Waals surface area contributed by atoms with Crippen molar-refractivity contribution in [1.29, 1.82) is 0 Å². The van der Waals surface area contributed by atoms with Gasteiger partial charge in [-0.1, -0.05) is 0 Å². The molecule has 1 heterocycles. The molecule has 0 radical (unpaired) electrons. The van der Waals surface area contributed by atoms with E-state index < -0.39 is 10.0 Å². The van der Waals surface area contributed by atoms with Gasteiger partial charge < -0.3 is 4.74 Å². The Morgan fingerprint density at radius 2 is 1.88 bits per heavy atom. The number of ether oxygens (including phenoxy) is 1. The molecule has 0 aromatic heterocycles. The first kappa shape index (κ1) is 11.9. The van der Waals surface area contributed by atoms with Crippen LogP contribution in [0.3, 0.4) is 0 Å². The van der Waals surface area contributed by atoms with Crippen molar-refractivity contribution < 1.29 is 13.2 Å². The molecule has 0 aromatic rings. The molecule has 1 saturated heterocycles. The van der Waals surface area contributed by atoms with Gasteiger partial charge in [0, 0.05) is 25.2 Å². The second kappa shape index (κ2) is 4.19. The van der Waals surface area contributed by atoms with Gasteiger partial charge in [0.1, 0.15) is 0 Å². The molecule has 0 unspecified atom stereocenters. The Hall–Kier alpha value is -0.170. The van der Waals surface area contributed by atoms with Crippen LogP contribution in [0.4, 0.5) is 0 Å². The highest BCUT2D eigenvalue weighted by Crippen LogP contribution is 2.42. The highest BCUT2D eigenvalue weighted by molar-refractivity contribution is 7.90. The number of morpholine rings is 1. The maximum absolute atomic E-state index is 11.8. The molecular weight excluding hydrogens is 240 g/mol. The maximum atomic E-state index is 11.8. The summed E-state index contributed by atoms with van der Waals surface area (Å²) in [6.45, 7) is 4.01. The Morgan fingerprint density at radius 3 is 2.41 bits per heavy atom. The van der Waals surface area contributed by atoms with E-state index in [9.17, 15) is 8.42 Å². The SMILES string of the molecule is O=S(=O)(NCC1(N2CCOCC2)CC1)C1CC1.